The standard InChI is InChI=1S/C22H21Cl2FN2O2/c23-19-9-6-16(10-20(19)24)21-11-18(29-26-21)13-27(22(28)15-2-1-3-15)12-14-4-7-17(25)8-5-14/h4-10,15,18H,1-3,11-13H2/t18-/m1/s1. The second-order valence-corrected chi connectivity index (χ2v) is 8.39. The molecule has 1 amide bonds. The quantitative estimate of drug-likeness (QED) is 0.605. The normalized spacial score (nSPS) is 18.7. The van der Waals surface area contributed by atoms with Crippen molar-refractivity contribution in [1.29, 1.82) is 0 Å². The van der Waals surface area contributed by atoms with Crippen molar-refractivity contribution in [1.82, 2.24) is 4.90 Å². The van der Waals surface area contributed by atoms with Crippen LogP contribution in [0.3, 0.4) is 0 Å². The molecule has 4 rings (SSSR count). The molecule has 1 heterocycles. The number of carbonyl (C=O) groups is 1. The van der Waals surface area contributed by atoms with Crippen molar-refractivity contribution in [3.8, 4) is 0 Å². The molecule has 2 aromatic rings. The van der Waals surface area contributed by atoms with Crippen molar-refractivity contribution in [3.05, 3.63) is 69.5 Å². The van der Waals surface area contributed by atoms with Crippen molar-refractivity contribution >= 4 is 34.8 Å². The van der Waals surface area contributed by atoms with E-state index >= 15 is 0 Å². The minimum atomic E-state index is -0.288. The van der Waals surface area contributed by atoms with Gasteiger partial charge in [0.15, 0.2) is 6.10 Å². The summed E-state index contributed by atoms with van der Waals surface area (Å²) in [5, 5.41) is 5.15. The molecule has 2 aliphatic rings. The van der Waals surface area contributed by atoms with Gasteiger partial charge < -0.3 is 9.74 Å². The highest BCUT2D eigenvalue weighted by Gasteiger charge is 2.33. The van der Waals surface area contributed by atoms with Crippen LogP contribution in [-0.2, 0) is 16.2 Å². The maximum Gasteiger partial charge on any atom is 0.226 e. The molecule has 1 saturated carbocycles. The largest absolute Gasteiger partial charge is 0.390 e. The zero-order valence-electron chi connectivity index (χ0n) is 15.8. The van der Waals surface area contributed by atoms with Crippen LogP contribution in [0.4, 0.5) is 4.39 Å². The van der Waals surface area contributed by atoms with Crippen LogP contribution in [-0.4, -0.2) is 29.2 Å². The zero-order valence-corrected chi connectivity index (χ0v) is 17.3. The van der Waals surface area contributed by atoms with Gasteiger partial charge in [0.2, 0.25) is 5.91 Å². The molecule has 1 fully saturated rings. The Morgan fingerprint density at radius 3 is 2.55 bits per heavy atom. The van der Waals surface area contributed by atoms with E-state index in [9.17, 15) is 9.18 Å². The van der Waals surface area contributed by atoms with Crippen LogP contribution in [0.1, 0.15) is 36.8 Å². The highest BCUT2D eigenvalue weighted by Crippen LogP contribution is 2.30. The first-order valence-corrected chi connectivity index (χ1v) is 10.5. The summed E-state index contributed by atoms with van der Waals surface area (Å²) in [6, 6.07) is 11.6. The van der Waals surface area contributed by atoms with E-state index in [0.29, 0.717) is 29.6 Å². The molecule has 0 radical (unpaired) electrons. The Kier molecular flexibility index (Phi) is 6.07. The number of hydrogen-bond donors (Lipinski definition) is 0. The summed E-state index contributed by atoms with van der Waals surface area (Å²) in [6.07, 6.45) is 3.29. The van der Waals surface area contributed by atoms with E-state index in [0.717, 1.165) is 36.1 Å². The molecule has 4 nitrogen and oxygen atoms in total. The Balaban J connectivity index is 1.44. The molecule has 0 saturated heterocycles. The van der Waals surface area contributed by atoms with Crippen molar-refractivity contribution in [2.75, 3.05) is 6.54 Å². The average Bonchev–Trinajstić information content (AvgIpc) is 3.12. The van der Waals surface area contributed by atoms with Gasteiger partial charge in [-0.05, 0) is 42.7 Å². The van der Waals surface area contributed by atoms with Crippen molar-refractivity contribution in [3.63, 3.8) is 0 Å². The summed E-state index contributed by atoms with van der Waals surface area (Å²) in [4.78, 5) is 20.4. The number of nitrogens with zero attached hydrogens (tertiary/aromatic N) is 2. The van der Waals surface area contributed by atoms with Crippen LogP contribution in [0.5, 0.6) is 0 Å². The molecule has 0 aromatic heterocycles. The first-order chi connectivity index (χ1) is 14.0. The van der Waals surface area contributed by atoms with Crippen LogP contribution in [0.15, 0.2) is 47.6 Å². The first-order valence-electron chi connectivity index (χ1n) is 9.71. The summed E-state index contributed by atoms with van der Waals surface area (Å²) in [5.74, 6) is -0.0797. The van der Waals surface area contributed by atoms with Crippen LogP contribution in [0, 0.1) is 11.7 Å². The van der Waals surface area contributed by atoms with Gasteiger partial charge in [-0.3, -0.25) is 4.79 Å². The fraction of sp³-hybridized carbons (Fsp3) is 0.364. The summed E-state index contributed by atoms with van der Waals surface area (Å²) >= 11 is 12.1. The van der Waals surface area contributed by atoms with Crippen LogP contribution in [0.25, 0.3) is 0 Å². The van der Waals surface area contributed by atoms with Gasteiger partial charge in [0.25, 0.3) is 0 Å². The monoisotopic (exact) mass is 434 g/mol. The Bertz CT molecular complexity index is 929. The van der Waals surface area contributed by atoms with Gasteiger partial charge in [-0.1, -0.05) is 53.0 Å². The zero-order chi connectivity index (χ0) is 20.4. The van der Waals surface area contributed by atoms with Gasteiger partial charge in [-0.25, -0.2) is 4.39 Å². The van der Waals surface area contributed by atoms with E-state index in [2.05, 4.69) is 5.16 Å². The number of halogens is 3. The number of amides is 1. The predicted octanol–water partition coefficient (Wildman–Crippen LogP) is 5.45. The molecule has 1 atom stereocenters. The third-order valence-corrected chi connectivity index (χ3v) is 6.20. The lowest BCUT2D eigenvalue weighted by Crippen LogP contribution is -2.42. The molecule has 2 aromatic carbocycles. The number of carbonyl (C=O) groups excluding carboxylic acids is 1. The van der Waals surface area contributed by atoms with E-state index in [1.165, 1.54) is 12.1 Å². The molecule has 29 heavy (non-hydrogen) atoms. The van der Waals surface area contributed by atoms with Crippen LogP contribution in [0.2, 0.25) is 10.0 Å². The van der Waals surface area contributed by atoms with Gasteiger partial charge in [-0.15, -0.1) is 0 Å². The van der Waals surface area contributed by atoms with Gasteiger partial charge in [0.05, 0.1) is 22.3 Å². The Morgan fingerprint density at radius 1 is 1.14 bits per heavy atom. The fourth-order valence-corrected chi connectivity index (χ4v) is 3.87. The molecule has 7 heteroatoms. The molecular formula is C22H21Cl2FN2O2. The SMILES string of the molecule is O=C(C1CCC1)N(Cc1ccc(F)cc1)C[C@H]1CC(c2ccc(Cl)c(Cl)c2)=NO1. The highest BCUT2D eigenvalue weighted by molar-refractivity contribution is 6.42. The fourth-order valence-electron chi connectivity index (χ4n) is 3.57. The lowest BCUT2D eigenvalue weighted by atomic mass is 9.84. The van der Waals surface area contributed by atoms with Crippen molar-refractivity contribution in [2.45, 2.75) is 38.3 Å². The smallest absolute Gasteiger partial charge is 0.226 e. The molecule has 1 aliphatic heterocycles. The average molecular weight is 435 g/mol. The van der Waals surface area contributed by atoms with Crippen molar-refractivity contribution in [2.24, 2.45) is 11.1 Å². The maximum atomic E-state index is 13.2. The second-order valence-electron chi connectivity index (χ2n) is 7.57. The summed E-state index contributed by atoms with van der Waals surface area (Å²) < 4.78 is 13.2. The lowest BCUT2D eigenvalue weighted by Gasteiger charge is -2.32. The number of oxime groups is 1. The minimum Gasteiger partial charge on any atom is -0.390 e. The Morgan fingerprint density at radius 2 is 1.90 bits per heavy atom. The summed E-state index contributed by atoms with van der Waals surface area (Å²) in [5.41, 5.74) is 2.53. The number of benzene rings is 2. The molecule has 0 bridgehead atoms. The number of hydrogen-bond acceptors (Lipinski definition) is 3. The molecule has 0 unspecified atom stereocenters. The highest BCUT2D eigenvalue weighted by atomic mass is 35.5. The van der Waals surface area contributed by atoms with E-state index in [-0.39, 0.29) is 23.7 Å². The topological polar surface area (TPSA) is 41.9 Å². The first kappa shape index (κ1) is 20.2. The molecular weight excluding hydrogens is 414 g/mol. The maximum absolute atomic E-state index is 13.2. The lowest BCUT2D eigenvalue weighted by molar-refractivity contribution is -0.140. The van der Waals surface area contributed by atoms with Gasteiger partial charge in [0, 0.05) is 24.4 Å². The summed E-state index contributed by atoms with van der Waals surface area (Å²) in [6.45, 7) is 0.860. The van der Waals surface area contributed by atoms with E-state index < -0.39 is 0 Å². The van der Waals surface area contributed by atoms with Gasteiger partial charge in [-0.2, -0.15) is 0 Å². The second kappa shape index (κ2) is 8.72. The Hall–Kier alpha value is -2.11. The van der Waals surface area contributed by atoms with Gasteiger partial charge >= 0.3 is 0 Å². The van der Waals surface area contributed by atoms with Gasteiger partial charge in [0.1, 0.15) is 5.82 Å². The Labute approximate surface area is 179 Å². The molecule has 0 spiro atoms. The number of rotatable bonds is 6. The molecule has 152 valence electrons. The van der Waals surface area contributed by atoms with E-state index in [4.69, 9.17) is 28.0 Å². The third kappa shape index (κ3) is 4.73. The predicted molar refractivity (Wildman–Crippen MR) is 112 cm³/mol. The van der Waals surface area contributed by atoms with Crippen molar-refractivity contribution < 1.29 is 14.0 Å². The van der Waals surface area contributed by atoms with Crippen LogP contribution >= 0.6 is 23.2 Å². The minimum absolute atomic E-state index is 0.0762. The molecule has 0 N–H and O–H groups in total. The van der Waals surface area contributed by atoms with Crippen LogP contribution < -0.4 is 0 Å². The summed E-state index contributed by atoms with van der Waals surface area (Å²) in [7, 11) is 0. The molecule has 1 aliphatic carbocycles. The van der Waals surface area contributed by atoms with E-state index in [1.807, 2.05) is 11.0 Å². The van der Waals surface area contributed by atoms with E-state index in [1.54, 1.807) is 24.3 Å². The third-order valence-electron chi connectivity index (χ3n) is 5.46.